The van der Waals surface area contributed by atoms with Crippen LogP contribution in [-0.2, 0) is 31.0 Å². The largest absolute Gasteiger partial charge is 0.496 e. The Kier molecular flexibility index (Phi) is 4.86. The molecule has 28 heavy (non-hydrogen) atoms. The fraction of sp³-hybridized carbons (Fsp3) is 0.318. The summed E-state index contributed by atoms with van der Waals surface area (Å²) >= 11 is 0. The number of methoxy groups -OCH3 is 2. The SMILES string of the molecule is COC(=O)c1cc(Cc2ccc(-c3cn(C)nn3)cc2)c2c(c1OC)CCC2. The Morgan fingerprint density at radius 3 is 2.54 bits per heavy atom. The van der Waals surface area contributed by atoms with Gasteiger partial charge in [-0.25, -0.2) is 4.79 Å². The van der Waals surface area contributed by atoms with Gasteiger partial charge in [0.15, 0.2) is 0 Å². The van der Waals surface area contributed by atoms with Crippen LogP contribution in [0.4, 0.5) is 0 Å². The summed E-state index contributed by atoms with van der Waals surface area (Å²) in [6.07, 6.45) is 5.68. The summed E-state index contributed by atoms with van der Waals surface area (Å²) < 4.78 is 12.2. The van der Waals surface area contributed by atoms with E-state index in [1.165, 1.54) is 23.8 Å². The Morgan fingerprint density at radius 2 is 1.89 bits per heavy atom. The quantitative estimate of drug-likeness (QED) is 0.638. The normalized spacial score (nSPS) is 12.7. The summed E-state index contributed by atoms with van der Waals surface area (Å²) in [7, 11) is 4.87. The first kappa shape index (κ1) is 18.2. The molecular weight excluding hydrogens is 354 g/mol. The van der Waals surface area contributed by atoms with Gasteiger partial charge in [-0.05, 0) is 54.0 Å². The third-order valence-corrected chi connectivity index (χ3v) is 5.30. The van der Waals surface area contributed by atoms with Crippen LogP contribution in [0.3, 0.4) is 0 Å². The topological polar surface area (TPSA) is 66.2 Å². The number of hydrogen-bond donors (Lipinski definition) is 0. The molecule has 0 saturated carbocycles. The average molecular weight is 377 g/mol. The van der Waals surface area contributed by atoms with Gasteiger partial charge in [-0.1, -0.05) is 29.5 Å². The summed E-state index contributed by atoms with van der Waals surface area (Å²) in [5.74, 6) is 0.312. The highest BCUT2D eigenvalue weighted by atomic mass is 16.5. The molecule has 1 heterocycles. The van der Waals surface area contributed by atoms with Crippen molar-refractivity contribution >= 4 is 5.97 Å². The maximum atomic E-state index is 12.3. The van der Waals surface area contributed by atoms with E-state index in [4.69, 9.17) is 9.47 Å². The van der Waals surface area contributed by atoms with Gasteiger partial charge in [0.05, 0.1) is 20.4 Å². The lowest BCUT2D eigenvalue weighted by molar-refractivity contribution is 0.0596. The number of hydrogen-bond acceptors (Lipinski definition) is 5. The Balaban J connectivity index is 1.68. The van der Waals surface area contributed by atoms with Crippen LogP contribution in [0.2, 0.25) is 0 Å². The van der Waals surface area contributed by atoms with Gasteiger partial charge in [0.25, 0.3) is 0 Å². The smallest absolute Gasteiger partial charge is 0.341 e. The van der Waals surface area contributed by atoms with Gasteiger partial charge < -0.3 is 9.47 Å². The number of nitrogens with zero attached hydrogens (tertiary/aromatic N) is 3. The standard InChI is InChI=1S/C22H23N3O3/c1-25-13-20(23-24-25)15-9-7-14(8-10-15)11-16-12-19(22(26)28-3)21(27-2)18-6-4-5-17(16)18/h7-10,12-13H,4-6,11H2,1-3H3. The van der Waals surface area contributed by atoms with Gasteiger partial charge in [-0.3, -0.25) is 4.68 Å². The minimum atomic E-state index is -0.356. The van der Waals surface area contributed by atoms with E-state index >= 15 is 0 Å². The van der Waals surface area contributed by atoms with E-state index in [9.17, 15) is 4.79 Å². The number of carbonyl (C=O) groups excluding carboxylic acids is 1. The van der Waals surface area contributed by atoms with E-state index < -0.39 is 0 Å². The maximum absolute atomic E-state index is 12.3. The van der Waals surface area contributed by atoms with Gasteiger partial charge in [-0.2, -0.15) is 0 Å². The van der Waals surface area contributed by atoms with Crippen LogP contribution in [0.1, 0.15) is 39.0 Å². The number of carbonyl (C=O) groups is 1. The molecule has 0 atom stereocenters. The van der Waals surface area contributed by atoms with Crippen molar-refractivity contribution in [1.29, 1.82) is 0 Å². The van der Waals surface area contributed by atoms with E-state index in [1.54, 1.807) is 11.8 Å². The monoisotopic (exact) mass is 377 g/mol. The highest BCUT2D eigenvalue weighted by Gasteiger charge is 2.26. The van der Waals surface area contributed by atoms with E-state index in [2.05, 4.69) is 34.6 Å². The molecule has 3 aromatic rings. The number of aryl methyl sites for hydroxylation is 1. The van der Waals surface area contributed by atoms with Crippen molar-refractivity contribution in [3.8, 4) is 17.0 Å². The first-order valence-corrected chi connectivity index (χ1v) is 9.36. The van der Waals surface area contributed by atoms with Crippen LogP contribution in [0, 0.1) is 0 Å². The van der Waals surface area contributed by atoms with Crippen molar-refractivity contribution in [2.75, 3.05) is 14.2 Å². The molecule has 1 aliphatic carbocycles. The molecular formula is C22H23N3O3. The number of esters is 1. The fourth-order valence-electron chi connectivity index (χ4n) is 3.98. The molecule has 4 rings (SSSR count). The Labute approximate surface area is 164 Å². The maximum Gasteiger partial charge on any atom is 0.341 e. The molecule has 0 radical (unpaired) electrons. The molecule has 0 unspecified atom stereocenters. The van der Waals surface area contributed by atoms with Crippen LogP contribution < -0.4 is 4.74 Å². The predicted octanol–water partition coefficient (Wildman–Crippen LogP) is 3.36. The second-order valence-electron chi connectivity index (χ2n) is 7.07. The number of benzene rings is 2. The van der Waals surface area contributed by atoms with Gasteiger partial charge in [0.2, 0.25) is 0 Å². The third-order valence-electron chi connectivity index (χ3n) is 5.30. The van der Waals surface area contributed by atoms with Crippen molar-refractivity contribution in [1.82, 2.24) is 15.0 Å². The van der Waals surface area contributed by atoms with Crippen LogP contribution in [0.25, 0.3) is 11.3 Å². The van der Waals surface area contributed by atoms with E-state index in [-0.39, 0.29) is 5.97 Å². The summed E-state index contributed by atoms with van der Waals surface area (Å²) in [6.45, 7) is 0. The number of ether oxygens (including phenoxy) is 2. The first-order chi connectivity index (χ1) is 13.6. The molecule has 1 aromatic heterocycles. The molecule has 6 nitrogen and oxygen atoms in total. The lowest BCUT2D eigenvalue weighted by atomic mass is 9.93. The molecule has 0 spiro atoms. The zero-order valence-electron chi connectivity index (χ0n) is 16.4. The molecule has 144 valence electrons. The molecule has 2 aromatic carbocycles. The van der Waals surface area contributed by atoms with E-state index in [0.29, 0.717) is 11.3 Å². The van der Waals surface area contributed by atoms with Crippen molar-refractivity contribution < 1.29 is 14.3 Å². The average Bonchev–Trinajstić information content (AvgIpc) is 3.37. The van der Waals surface area contributed by atoms with Crippen LogP contribution >= 0.6 is 0 Å². The molecule has 0 aliphatic heterocycles. The first-order valence-electron chi connectivity index (χ1n) is 9.36. The summed E-state index contributed by atoms with van der Waals surface area (Å²) in [5, 5.41) is 8.14. The van der Waals surface area contributed by atoms with Gasteiger partial charge in [-0.15, -0.1) is 5.10 Å². The Morgan fingerprint density at radius 1 is 1.14 bits per heavy atom. The van der Waals surface area contributed by atoms with Gasteiger partial charge in [0.1, 0.15) is 17.0 Å². The summed E-state index contributed by atoms with van der Waals surface area (Å²) in [4.78, 5) is 12.3. The summed E-state index contributed by atoms with van der Waals surface area (Å²) in [6, 6.07) is 10.3. The van der Waals surface area contributed by atoms with Crippen LogP contribution in [-0.4, -0.2) is 35.2 Å². The van der Waals surface area contributed by atoms with E-state index in [0.717, 1.165) is 42.5 Å². The zero-order valence-corrected chi connectivity index (χ0v) is 16.4. The Hall–Kier alpha value is -3.15. The highest BCUT2D eigenvalue weighted by Crippen LogP contribution is 2.37. The molecule has 0 fully saturated rings. The second kappa shape index (κ2) is 7.46. The fourth-order valence-corrected chi connectivity index (χ4v) is 3.98. The minimum absolute atomic E-state index is 0.356. The van der Waals surface area contributed by atoms with Crippen LogP contribution in [0.15, 0.2) is 36.5 Å². The van der Waals surface area contributed by atoms with E-state index in [1.807, 2.05) is 19.3 Å². The number of aromatic nitrogens is 3. The van der Waals surface area contributed by atoms with Gasteiger partial charge >= 0.3 is 5.97 Å². The predicted molar refractivity (Wildman–Crippen MR) is 106 cm³/mol. The van der Waals surface area contributed by atoms with Crippen molar-refractivity contribution in [2.24, 2.45) is 7.05 Å². The molecule has 0 amide bonds. The second-order valence-corrected chi connectivity index (χ2v) is 7.07. The van der Waals surface area contributed by atoms with Crippen molar-refractivity contribution in [2.45, 2.75) is 25.7 Å². The molecule has 0 bridgehead atoms. The minimum Gasteiger partial charge on any atom is -0.496 e. The lowest BCUT2D eigenvalue weighted by Gasteiger charge is -2.16. The lowest BCUT2D eigenvalue weighted by Crippen LogP contribution is -2.09. The molecule has 1 aliphatic rings. The number of fused-ring (bicyclic) bond motifs is 1. The number of rotatable bonds is 5. The third kappa shape index (κ3) is 3.26. The Bertz CT molecular complexity index is 1020. The van der Waals surface area contributed by atoms with Crippen LogP contribution in [0.5, 0.6) is 5.75 Å². The molecule has 0 saturated heterocycles. The zero-order chi connectivity index (χ0) is 19.7. The molecule has 6 heteroatoms. The highest BCUT2D eigenvalue weighted by molar-refractivity contribution is 5.93. The van der Waals surface area contributed by atoms with Crippen molar-refractivity contribution in [3.05, 3.63) is 64.3 Å². The van der Waals surface area contributed by atoms with Gasteiger partial charge in [0, 0.05) is 12.6 Å². The summed E-state index contributed by atoms with van der Waals surface area (Å²) in [5.41, 5.74) is 7.21. The molecule has 0 N–H and O–H groups in total. The van der Waals surface area contributed by atoms with Crippen molar-refractivity contribution in [3.63, 3.8) is 0 Å².